The minimum atomic E-state index is 0.581. The Balaban J connectivity index is 2.06. The van der Waals surface area contributed by atoms with E-state index in [0.717, 1.165) is 27.0 Å². The Hall–Kier alpha value is -1.79. The molecule has 3 aromatic rings. The van der Waals surface area contributed by atoms with E-state index in [1.807, 2.05) is 30.5 Å². The van der Waals surface area contributed by atoms with Gasteiger partial charge in [-0.1, -0.05) is 6.07 Å². The van der Waals surface area contributed by atoms with Crippen molar-refractivity contribution in [2.45, 2.75) is 6.92 Å². The first kappa shape index (κ1) is 11.3. The second-order valence-electron chi connectivity index (χ2n) is 3.72. The average Bonchev–Trinajstić information content (AvgIpc) is 2.97. The number of thiazole rings is 2. The molecule has 4 nitrogen and oxygen atoms in total. The number of aryl methyl sites for hydroxylation is 1. The highest BCUT2D eigenvalue weighted by atomic mass is 32.1. The van der Waals surface area contributed by atoms with Crippen LogP contribution in [0.3, 0.4) is 0 Å². The molecule has 0 aliphatic heterocycles. The zero-order chi connectivity index (χ0) is 12.5. The van der Waals surface area contributed by atoms with Crippen molar-refractivity contribution in [1.29, 1.82) is 0 Å². The summed E-state index contributed by atoms with van der Waals surface area (Å²) in [6.45, 7) is 1.98. The van der Waals surface area contributed by atoms with Crippen molar-refractivity contribution in [1.82, 2.24) is 15.0 Å². The lowest BCUT2D eigenvalue weighted by molar-refractivity contribution is 1.23. The average molecular weight is 274 g/mol. The second kappa shape index (κ2) is 4.47. The molecule has 0 aliphatic rings. The van der Waals surface area contributed by atoms with E-state index in [1.54, 1.807) is 17.5 Å². The fourth-order valence-electron chi connectivity index (χ4n) is 1.62. The summed E-state index contributed by atoms with van der Waals surface area (Å²) in [5, 5.41) is 3.45. The maximum Gasteiger partial charge on any atom is 0.180 e. The van der Waals surface area contributed by atoms with E-state index >= 15 is 0 Å². The van der Waals surface area contributed by atoms with Gasteiger partial charge in [0.2, 0.25) is 0 Å². The molecule has 2 N–H and O–H groups in total. The van der Waals surface area contributed by atoms with Crippen LogP contribution < -0.4 is 5.73 Å². The highest BCUT2D eigenvalue weighted by molar-refractivity contribution is 7.19. The Morgan fingerprint density at radius 3 is 2.72 bits per heavy atom. The summed E-state index contributed by atoms with van der Waals surface area (Å²) in [5.74, 6) is 0. The molecule has 90 valence electrons. The van der Waals surface area contributed by atoms with E-state index in [-0.39, 0.29) is 0 Å². The number of hydrogen-bond donors (Lipinski definition) is 1. The largest absolute Gasteiger partial charge is 0.375 e. The van der Waals surface area contributed by atoms with Crippen LogP contribution in [0.4, 0.5) is 5.13 Å². The molecule has 0 saturated heterocycles. The number of nitrogen functional groups attached to an aromatic ring is 1. The molecule has 0 unspecified atom stereocenters. The van der Waals surface area contributed by atoms with Crippen LogP contribution in [0, 0.1) is 6.92 Å². The first-order valence-electron chi connectivity index (χ1n) is 5.34. The third-order valence-electron chi connectivity index (χ3n) is 2.44. The van der Waals surface area contributed by atoms with Crippen molar-refractivity contribution in [2.75, 3.05) is 5.73 Å². The van der Waals surface area contributed by atoms with Crippen molar-refractivity contribution < 1.29 is 0 Å². The summed E-state index contributed by atoms with van der Waals surface area (Å²) in [6, 6.07) is 5.81. The molecule has 6 heteroatoms. The number of nitrogens with two attached hydrogens (primary N) is 1. The summed E-state index contributed by atoms with van der Waals surface area (Å²) in [7, 11) is 0. The third-order valence-corrected chi connectivity index (χ3v) is 4.31. The molecule has 0 atom stereocenters. The van der Waals surface area contributed by atoms with Gasteiger partial charge in [0.15, 0.2) is 5.13 Å². The summed E-state index contributed by atoms with van der Waals surface area (Å²) >= 11 is 3.04. The molecule has 0 spiro atoms. The first-order valence-corrected chi connectivity index (χ1v) is 7.04. The van der Waals surface area contributed by atoms with Crippen molar-refractivity contribution in [3.05, 3.63) is 35.5 Å². The van der Waals surface area contributed by atoms with Gasteiger partial charge in [0.25, 0.3) is 0 Å². The molecule has 0 amide bonds. The molecule has 0 bridgehead atoms. The van der Waals surface area contributed by atoms with E-state index in [2.05, 4.69) is 15.0 Å². The van der Waals surface area contributed by atoms with Crippen molar-refractivity contribution in [3.8, 4) is 21.3 Å². The summed E-state index contributed by atoms with van der Waals surface area (Å²) in [6.07, 6.45) is 1.77. The molecule has 0 fully saturated rings. The normalized spacial score (nSPS) is 10.7. The van der Waals surface area contributed by atoms with Gasteiger partial charge in [-0.3, -0.25) is 4.98 Å². The minimum absolute atomic E-state index is 0.581. The second-order valence-corrected chi connectivity index (χ2v) is 5.61. The Kier molecular flexibility index (Phi) is 2.81. The number of pyridine rings is 1. The maximum absolute atomic E-state index is 5.66. The Bertz CT molecular complexity index is 672. The molecule has 0 aromatic carbocycles. The lowest BCUT2D eigenvalue weighted by atomic mass is 10.3. The van der Waals surface area contributed by atoms with Gasteiger partial charge >= 0.3 is 0 Å². The highest BCUT2D eigenvalue weighted by Gasteiger charge is 2.13. The molecule has 18 heavy (non-hydrogen) atoms. The van der Waals surface area contributed by atoms with Crippen molar-refractivity contribution in [2.24, 2.45) is 0 Å². The van der Waals surface area contributed by atoms with Crippen LogP contribution in [-0.4, -0.2) is 15.0 Å². The van der Waals surface area contributed by atoms with Gasteiger partial charge < -0.3 is 5.73 Å². The van der Waals surface area contributed by atoms with Crippen LogP contribution in [0.25, 0.3) is 21.3 Å². The van der Waals surface area contributed by atoms with E-state index in [9.17, 15) is 0 Å². The van der Waals surface area contributed by atoms with Crippen LogP contribution in [0.1, 0.15) is 5.69 Å². The minimum Gasteiger partial charge on any atom is -0.375 e. The lowest BCUT2D eigenvalue weighted by Crippen LogP contribution is -1.82. The molecule has 0 radical (unpaired) electrons. The molecule has 3 heterocycles. The zero-order valence-corrected chi connectivity index (χ0v) is 11.3. The quantitative estimate of drug-likeness (QED) is 0.779. The summed E-state index contributed by atoms with van der Waals surface area (Å²) in [4.78, 5) is 14.2. The summed E-state index contributed by atoms with van der Waals surface area (Å²) in [5.41, 5.74) is 8.41. The Morgan fingerprint density at radius 1 is 1.17 bits per heavy atom. The highest BCUT2D eigenvalue weighted by Crippen LogP contribution is 2.35. The predicted molar refractivity (Wildman–Crippen MR) is 75.6 cm³/mol. The van der Waals surface area contributed by atoms with Crippen molar-refractivity contribution in [3.63, 3.8) is 0 Å². The SMILES string of the molecule is Cc1nc(-c2ccccn2)sc1-c1csc(N)n1. The van der Waals surface area contributed by atoms with Gasteiger partial charge in [-0.25, -0.2) is 9.97 Å². The number of anilines is 1. The number of nitrogens with zero attached hydrogens (tertiary/aromatic N) is 3. The number of aromatic nitrogens is 3. The van der Waals surface area contributed by atoms with Crippen LogP contribution in [0.15, 0.2) is 29.8 Å². The Morgan fingerprint density at radius 2 is 2.06 bits per heavy atom. The van der Waals surface area contributed by atoms with Gasteiger partial charge in [-0.2, -0.15) is 0 Å². The first-order chi connectivity index (χ1) is 8.74. The van der Waals surface area contributed by atoms with Crippen LogP contribution in [-0.2, 0) is 0 Å². The lowest BCUT2D eigenvalue weighted by Gasteiger charge is -1.91. The molecule has 3 rings (SSSR count). The third kappa shape index (κ3) is 2.00. The fraction of sp³-hybridized carbons (Fsp3) is 0.0833. The summed E-state index contributed by atoms with van der Waals surface area (Å²) < 4.78 is 0. The van der Waals surface area contributed by atoms with E-state index in [4.69, 9.17) is 5.73 Å². The standard InChI is InChI=1S/C12H10N4S2/c1-7-10(9-6-17-12(13)16-9)18-11(15-7)8-4-2-3-5-14-8/h2-6H,1H3,(H2,13,16). The fourth-order valence-corrected chi connectivity index (χ4v) is 3.26. The maximum atomic E-state index is 5.66. The van der Waals surface area contributed by atoms with E-state index in [0.29, 0.717) is 5.13 Å². The smallest absolute Gasteiger partial charge is 0.180 e. The Labute approximate surface area is 112 Å². The molecule has 0 aliphatic carbocycles. The van der Waals surface area contributed by atoms with E-state index in [1.165, 1.54) is 11.3 Å². The molecule has 0 saturated carbocycles. The van der Waals surface area contributed by atoms with Gasteiger partial charge in [-0.05, 0) is 19.1 Å². The zero-order valence-electron chi connectivity index (χ0n) is 9.62. The van der Waals surface area contributed by atoms with Crippen molar-refractivity contribution >= 4 is 27.8 Å². The molecular formula is C12H10N4S2. The monoisotopic (exact) mass is 274 g/mol. The van der Waals surface area contributed by atoms with Crippen LogP contribution >= 0.6 is 22.7 Å². The van der Waals surface area contributed by atoms with E-state index < -0.39 is 0 Å². The van der Waals surface area contributed by atoms with Gasteiger partial charge in [-0.15, -0.1) is 22.7 Å². The van der Waals surface area contributed by atoms with Gasteiger partial charge in [0.1, 0.15) is 5.01 Å². The van der Waals surface area contributed by atoms with Gasteiger partial charge in [0, 0.05) is 11.6 Å². The van der Waals surface area contributed by atoms with Crippen LogP contribution in [0.2, 0.25) is 0 Å². The molecular weight excluding hydrogens is 264 g/mol. The number of hydrogen-bond acceptors (Lipinski definition) is 6. The van der Waals surface area contributed by atoms with Crippen LogP contribution in [0.5, 0.6) is 0 Å². The van der Waals surface area contributed by atoms with Gasteiger partial charge in [0.05, 0.1) is 22.0 Å². The topological polar surface area (TPSA) is 64.7 Å². The number of rotatable bonds is 2. The predicted octanol–water partition coefficient (Wildman–Crippen LogP) is 3.22. The molecule has 3 aromatic heterocycles.